The molecule has 2 amide bonds. The van der Waals surface area contributed by atoms with E-state index in [2.05, 4.69) is 17.6 Å². The topological polar surface area (TPSA) is 142 Å². The Morgan fingerprint density at radius 2 is 1.29 bits per heavy atom. The van der Waals surface area contributed by atoms with Gasteiger partial charge in [-0.3, -0.25) is 19.2 Å². The maximum atomic E-state index is 12.6. The molecule has 9 heteroatoms. The summed E-state index contributed by atoms with van der Waals surface area (Å²) in [4.78, 5) is 47.3. The lowest BCUT2D eigenvalue weighted by Gasteiger charge is -2.34. The average Bonchev–Trinajstić information content (AvgIpc) is 2.99. The van der Waals surface area contributed by atoms with Crippen LogP contribution in [0.5, 0.6) is 11.5 Å². The van der Waals surface area contributed by atoms with Crippen molar-refractivity contribution < 1.29 is 34.1 Å². The number of benzene rings is 2. The molecule has 1 saturated carbocycles. The molecule has 248 valence electrons. The first-order chi connectivity index (χ1) is 21.1. The second kappa shape index (κ2) is 17.0. The summed E-state index contributed by atoms with van der Waals surface area (Å²) < 4.78 is 5.88. The van der Waals surface area contributed by atoms with Crippen LogP contribution < -0.4 is 15.4 Å². The molecular weight excluding hydrogens is 572 g/mol. The van der Waals surface area contributed by atoms with Gasteiger partial charge < -0.3 is 25.6 Å². The highest BCUT2D eigenvalue weighted by molar-refractivity contribution is 5.95. The van der Waals surface area contributed by atoms with E-state index in [0.717, 1.165) is 44.2 Å². The summed E-state index contributed by atoms with van der Waals surface area (Å²) >= 11 is 0. The van der Waals surface area contributed by atoms with Gasteiger partial charge in [-0.2, -0.15) is 0 Å². The first-order valence-electron chi connectivity index (χ1n) is 16.1. The van der Waals surface area contributed by atoms with Gasteiger partial charge in [0.1, 0.15) is 11.5 Å². The van der Waals surface area contributed by atoms with Gasteiger partial charge >= 0.3 is 11.9 Å². The van der Waals surface area contributed by atoms with Crippen LogP contribution in [0.4, 0.5) is 11.4 Å². The average molecular weight is 625 g/mol. The quantitative estimate of drug-likeness (QED) is 0.185. The predicted octanol–water partition coefficient (Wildman–Crippen LogP) is 8.61. The number of ether oxygens (including phenoxy) is 1. The van der Waals surface area contributed by atoms with Gasteiger partial charge in [0.25, 0.3) is 0 Å². The van der Waals surface area contributed by atoms with Gasteiger partial charge in [0.05, 0.1) is 17.3 Å². The summed E-state index contributed by atoms with van der Waals surface area (Å²) in [5, 5.41) is 24.0. The maximum absolute atomic E-state index is 12.6. The summed E-state index contributed by atoms with van der Waals surface area (Å²) in [6, 6.07) is 14.2. The first kappa shape index (κ1) is 37.3. The molecule has 3 atom stereocenters. The second-order valence-electron chi connectivity index (χ2n) is 13.4. The van der Waals surface area contributed by atoms with Gasteiger partial charge in [0, 0.05) is 17.3 Å². The van der Waals surface area contributed by atoms with Crippen LogP contribution in [0.3, 0.4) is 0 Å². The zero-order chi connectivity index (χ0) is 33.8. The van der Waals surface area contributed by atoms with Crippen molar-refractivity contribution in [1.29, 1.82) is 0 Å². The number of hydrogen-bond donors (Lipinski definition) is 4. The van der Waals surface area contributed by atoms with E-state index < -0.39 is 29.2 Å². The zero-order valence-electron chi connectivity index (χ0n) is 27.9. The molecule has 0 aliphatic heterocycles. The first-order valence-corrected chi connectivity index (χ1v) is 16.1. The Morgan fingerprint density at radius 3 is 1.69 bits per heavy atom. The minimum absolute atomic E-state index is 0.0259. The molecule has 45 heavy (non-hydrogen) atoms. The number of rotatable bonds is 12. The highest BCUT2D eigenvalue weighted by Crippen LogP contribution is 2.37. The van der Waals surface area contributed by atoms with Crippen molar-refractivity contribution >= 4 is 35.1 Å². The lowest BCUT2D eigenvalue weighted by atomic mass is 9.69. The highest BCUT2D eigenvalue weighted by Gasteiger charge is 2.39. The smallest absolute Gasteiger partial charge is 0.309 e. The fourth-order valence-corrected chi connectivity index (χ4v) is 4.86. The number of carbonyl (C=O) groups is 4. The second-order valence-corrected chi connectivity index (χ2v) is 13.4. The number of anilines is 2. The predicted molar refractivity (Wildman–Crippen MR) is 177 cm³/mol. The van der Waals surface area contributed by atoms with Gasteiger partial charge in [-0.1, -0.05) is 60.3 Å². The molecule has 3 rings (SSSR count). The number of unbranched alkanes of at least 4 members (excludes halogenated alkanes) is 1. The third kappa shape index (κ3) is 11.2. The van der Waals surface area contributed by atoms with Crippen molar-refractivity contribution in [3.63, 3.8) is 0 Å². The van der Waals surface area contributed by atoms with Gasteiger partial charge in [-0.15, -0.1) is 0 Å². The van der Waals surface area contributed by atoms with E-state index in [1.807, 2.05) is 39.8 Å². The third-order valence-electron chi connectivity index (χ3n) is 9.08. The number of hydrogen-bond acceptors (Lipinski definition) is 5. The van der Waals surface area contributed by atoms with Gasteiger partial charge in [-0.05, 0) is 93.5 Å². The Kier molecular flexibility index (Phi) is 14.1. The lowest BCUT2D eigenvalue weighted by Crippen LogP contribution is -2.37. The zero-order valence-corrected chi connectivity index (χ0v) is 27.9. The highest BCUT2D eigenvalue weighted by atomic mass is 16.5. The molecule has 9 nitrogen and oxygen atoms in total. The molecular formula is C36H52N2O7. The molecule has 4 N–H and O–H groups in total. The molecule has 1 fully saturated rings. The van der Waals surface area contributed by atoms with Crippen LogP contribution in [0.15, 0.2) is 48.5 Å². The van der Waals surface area contributed by atoms with E-state index in [4.69, 9.17) is 9.84 Å². The van der Waals surface area contributed by atoms with Crippen LogP contribution in [0.25, 0.3) is 0 Å². The summed E-state index contributed by atoms with van der Waals surface area (Å²) in [6.07, 6.45) is 6.70. The van der Waals surface area contributed by atoms with Crippen LogP contribution in [0, 0.1) is 28.6 Å². The lowest BCUT2D eigenvalue weighted by molar-refractivity contribution is -0.153. The van der Waals surface area contributed by atoms with Crippen LogP contribution >= 0.6 is 0 Å². The molecule has 2 aromatic carbocycles. The number of aliphatic carboxylic acids is 2. The fraction of sp³-hybridized carbons (Fsp3) is 0.556. The summed E-state index contributed by atoms with van der Waals surface area (Å²) in [5.41, 5.74) is 0.507. The van der Waals surface area contributed by atoms with Crippen LogP contribution in [-0.2, 0) is 19.2 Å². The normalized spacial score (nSPS) is 17.2. The molecule has 1 aliphatic carbocycles. The monoisotopic (exact) mass is 624 g/mol. The minimum atomic E-state index is -0.902. The van der Waals surface area contributed by atoms with Gasteiger partial charge in [0.2, 0.25) is 11.8 Å². The number of carboxylic acids is 2. The van der Waals surface area contributed by atoms with Crippen molar-refractivity contribution in [3.8, 4) is 11.5 Å². The summed E-state index contributed by atoms with van der Waals surface area (Å²) in [5.74, 6) is -1.70. The molecule has 0 heterocycles. The van der Waals surface area contributed by atoms with Crippen molar-refractivity contribution in [3.05, 3.63) is 48.5 Å². The van der Waals surface area contributed by atoms with Gasteiger partial charge in [-0.25, -0.2) is 0 Å². The Labute approximate surface area is 268 Å². The standard InChI is InChI=1S/C28H36N2O5.C8H16O2/c1-3-5-8-19(4-2)26(31)29-20-11-15-22(16-12-20)35-23-17-13-21(14-18-23)30-27(32)24-9-6-7-10-25(24)28(33)34;1-7(2,3)8(4,5)6(9)10/h11-19,24-25H,3-10H2,1-2H3,(H,29,31)(H,30,32)(H,33,34);1-5H3,(H,9,10). The Balaban J connectivity index is 0.000000607. The van der Waals surface area contributed by atoms with E-state index in [0.29, 0.717) is 30.0 Å². The van der Waals surface area contributed by atoms with Crippen LogP contribution in [0.1, 0.15) is 99.8 Å². The van der Waals surface area contributed by atoms with E-state index in [1.54, 1.807) is 50.2 Å². The van der Waals surface area contributed by atoms with Crippen molar-refractivity contribution in [2.75, 3.05) is 10.6 Å². The molecule has 1 aliphatic rings. The number of carboxylic acid groups (broad SMARTS) is 2. The summed E-state index contributed by atoms with van der Waals surface area (Å²) in [7, 11) is 0. The largest absolute Gasteiger partial charge is 0.481 e. The van der Waals surface area contributed by atoms with Crippen molar-refractivity contribution in [1.82, 2.24) is 0 Å². The molecule has 0 saturated heterocycles. The SMILES string of the molecule is CC(C)(C)C(C)(C)C(=O)O.CCCCC(CC)C(=O)Nc1ccc(Oc2ccc(NC(=O)C3CCCCC3C(=O)O)cc2)cc1. The molecule has 2 aromatic rings. The minimum Gasteiger partial charge on any atom is -0.481 e. The molecule has 0 spiro atoms. The Hall–Kier alpha value is -3.88. The summed E-state index contributed by atoms with van der Waals surface area (Å²) in [6.45, 7) is 13.4. The van der Waals surface area contributed by atoms with Gasteiger partial charge in [0.15, 0.2) is 0 Å². The van der Waals surface area contributed by atoms with E-state index in [-0.39, 0.29) is 23.1 Å². The number of amides is 2. The van der Waals surface area contributed by atoms with E-state index in [9.17, 15) is 24.3 Å². The third-order valence-corrected chi connectivity index (χ3v) is 9.08. The molecule has 0 bridgehead atoms. The van der Waals surface area contributed by atoms with Crippen molar-refractivity contribution in [2.45, 2.75) is 99.8 Å². The van der Waals surface area contributed by atoms with Crippen LogP contribution in [-0.4, -0.2) is 34.0 Å². The number of carbonyl (C=O) groups excluding carboxylic acids is 2. The Bertz CT molecular complexity index is 1260. The maximum Gasteiger partial charge on any atom is 0.309 e. The fourth-order valence-electron chi connectivity index (χ4n) is 4.86. The Morgan fingerprint density at radius 1 is 0.800 bits per heavy atom. The van der Waals surface area contributed by atoms with E-state index >= 15 is 0 Å². The molecule has 0 aromatic heterocycles. The van der Waals surface area contributed by atoms with Crippen LogP contribution in [0.2, 0.25) is 0 Å². The molecule has 3 unspecified atom stereocenters. The number of nitrogens with one attached hydrogen (secondary N) is 2. The molecule has 0 radical (unpaired) electrons. The van der Waals surface area contributed by atoms with Crippen molar-refractivity contribution in [2.24, 2.45) is 28.6 Å². The van der Waals surface area contributed by atoms with E-state index in [1.165, 1.54) is 0 Å².